The molecule has 0 aromatic rings. The maximum atomic E-state index is 11.2. The van der Waals surface area contributed by atoms with Crippen molar-refractivity contribution < 1.29 is 4.79 Å². The fraction of sp³-hybridized carbons (Fsp3) is 0.909. The van der Waals surface area contributed by atoms with Gasteiger partial charge in [-0.15, -0.1) is 0 Å². The summed E-state index contributed by atoms with van der Waals surface area (Å²) in [7, 11) is 0. The summed E-state index contributed by atoms with van der Waals surface area (Å²) in [6.07, 6.45) is 6.14. The van der Waals surface area contributed by atoms with Gasteiger partial charge in [-0.3, -0.25) is 4.79 Å². The summed E-state index contributed by atoms with van der Waals surface area (Å²) >= 11 is 0. The standard InChI is InChI=1S/C11H21N3O/c12-8-11(15)13-9-2-1-6-14(7-5-9)10-3-4-10/h9-10H,1-8,12H2,(H,13,15). The number of likely N-dealkylation sites (tertiary alicyclic amines) is 1. The molecule has 0 bridgehead atoms. The van der Waals surface area contributed by atoms with Gasteiger partial charge in [-0.05, 0) is 38.6 Å². The molecule has 0 aromatic carbocycles. The zero-order valence-electron chi connectivity index (χ0n) is 9.24. The largest absolute Gasteiger partial charge is 0.352 e. The van der Waals surface area contributed by atoms with Crippen molar-refractivity contribution in [3.8, 4) is 0 Å². The van der Waals surface area contributed by atoms with E-state index < -0.39 is 0 Å². The highest BCUT2D eigenvalue weighted by molar-refractivity contribution is 5.78. The topological polar surface area (TPSA) is 58.4 Å². The van der Waals surface area contributed by atoms with Crippen molar-refractivity contribution in [2.45, 2.75) is 44.2 Å². The molecule has 15 heavy (non-hydrogen) atoms. The second-order valence-electron chi connectivity index (χ2n) is 4.67. The molecule has 1 amide bonds. The number of amides is 1. The normalized spacial score (nSPS) is 28.5. The molecule has 3 N–H and O–H groups in total. The van der Waals surface area contributed by atoms with Gasteiger partial charge in [0.1, 0.15) is 0 Å². The van der Waals surface area contributed by atoms with E-state index in [2.05, 4.69) is 10.2 Å². The van der Waals surface area contributed by atoms with Crippen LogP contribution in [0.5, 0.6) is 0 Å². The number of hydrogen-bond donors (Lipinski definition) is 2. The number of carbonyl (C=O) groups excluding carboxylic acids is 1. The highest BCUT2D eigenvalue weighted by Crippen LogP contribution is 2.28. The van der Waals surface area contributed by atoms with Gasteiger partial charge in [0.25, 0.3) is 0 Å². The summed E-state index contributed by atoms with van der Waals surface area (Å²) in [4.78, 5) is 13.7. The Morgan fingerprint density at radius 3 is 2.73 bits per heavy atom. The summed E-state index contributed by atoms with van der Waals surface area (Å²) in [6.45, 7) is 2.46. The molecule has 4 heteroatoms. The third-order valence-electron chi connectivity index (χ3n) is 3.38. The summed E-state index contributed by atoms with van der Waals surface area (Å²) in [5.74, 6) is -0.0140. The van der Waals surface area contributed by atoms with Gasteiger partial charge in [0.05, 0.1) is 6.54 Å². The monoisotopic (exact) mass is 211 g/mol. The van der Waals surface area contributed by atoms with E-state index in [9.17, 15) is 4.79 Å². The maximum absolute atomic E-state index is 11.2. The Labute approximate surface area is 91.2 Å². The molecule has 1 atom stereocenters. The van der Waals surface area contributed by atoms with Crippen molar-refractivity contribution in [2.75, 3.05) is 19.6 Å². The van der Waals surface area contributed by atoms with Crippen LogP contribution in [0.4, 0.5) is 0 Å². The predicted molar refractivity (Wildman–Crippen MR) is 59.4 cm³/mol. The highest BCUT2D eigenvalue weighted by Gasteiger charge is 2.30. The summed E-state index contributed by atoms with van der Waals surface area (Å²) in [5.41, 5.74) is 5.29. The molecule has 4 nitrogen and oxygen atoms in total. The Morgan fingerprint density at radius 2 is 2.07 bits per heavy atom. The van der Waals surface area contributed by atoms with E-state index in [0.29, 0.717) is 6.04 Å². The minimum absolute atomic E-state index is 0.0140. The highest BCUT2D eigenvalue weighted by atomic mass is 16.1. The molecular weight excluding hydrogens is 190 g/mol. The second kappa shape index (κ2) is 4.94. The lowest BCUT2D eigenvalue weighted by atomic mass is 10.1. The molecule has 0 aromatic heterocycles. The Kier molecular flexibility index (Phi) is 3.59. The Hall–Kier alpha value is -0.610. The average molecular weight is 211 g/mol. The quantitative estimate of drug-likeness (QED) is 0.695. The predicted octanol–water partition coefficient (Wildman–Crippen LogP) is 0.0782. The van der Waals surface area contributed by atoms with E-state index in [1.807, 2.05) is 0 Å². The number of hydrogen-bond acceptors (Lipinski definition) is 3. The van der Waals surface area contributed by atoms with Gasteiger partial charge in [0.2, 0.25) is 5.91 Å². The van der Waals surface area contributed by atoms with Crippen LogP contribution in [0.3, 0.4) is 0 Å². The number of carbonyl (C=O) groups is 1. The molecule has 1 saturated heterocycles. The Bertz CT molecular complexity index is 228. The van der Waals surface area contributed by atoms with Crippen LogP contribution >= 0.6 is 0 Å². The summed E-state index contributed by atoms with van der Waals surface area (Å²) < 4.78 is 0. The molecule has 0 radical (unpaired) electrons. The van der Waals surface area contributed by atoms with E-state index in [1.54, 1.807) is 0 Å². The molecule has 2 rings (SSSR count). The number of nitrogens with zero attached hydrogens (tertiary/aromatic N) is 1. The first kappa shape index (κ1) is 10.9. The van der Waals surface area contributed by atoms with Crippen LogP contribution in [0.15, 0.2) is 0 Å². The van der Waals surface area contributed by atoms with Crippen LogP contribution in [0.25, 0.3) is 0 Å². The molecule has 0 spiro atoms. The molecule has 2 fully saturated rings. The Morgan fingerprint density at radius 1 is 1.27 bits per heavy atom. The van der Waals surface area contributed by atoms with Crippen molar-refractivity contribution in [1.82, 2.24) is 10.2 Å². The van der Waals surface area contributed by atoms with Gasteiger partial charge in [-0.1, -0.05) is 0 Å². The van der Waals surface area contributed by atoms with Gasteiger partial charge in [0.15, 0.2) is 0 Å². The van der Waals surface area contributed by atoms with E-state index in [0.717, 1.165) is 25.4 Å². The summed E-state index contributed by atoms with van der Waals surface area (Å²) in [5, 5.41) is 3.00. The van der Waals surface area contributed by atoms with Gasteiger partial charge >= 0.3 is 0 Å². The van der Waals surface area contributed by atoms with Crippen molar-refractivity contribution >= 4 is 5.91 Å². The third kappa shape index (κ3) is 3.18. The fourth-order valence-electron chi connectivity index (χ4n) is 2.35. The van der Waals surface area contributed by atoms with E-state index in [-0.39, 0.29) is 12.5 Å². The van der Waals surface area contributed by atoms with Gasteiger partial charge in [-0.2, -0.15) is 0 Å². The molecule has 1 heterocycles. The molecule has 86 valence electrons. The first-order valence-corrected chi connectivity index (χ1v) is 6.03. The molecule has 1 unspecified atom stereocenters. The maximum Gasteiger partial charge on any atom is 0.233 e. The van der Waals surface area contributed by atoms with Crippen LogP contribution in [0, 0.1) is 0 Å². The number of nitrogens with one attached hydrogen (secondary N) is 1. The lowest BCUT2D eigenvalue weighted by Crippen LogP contribution is -2.39. The lowest BCUT2D eigenvalue weighted by molar-refractivity contribution is -0.120. The minimum atomic E-state index is -0.0140. The van der Waals surface area contributed by atoms with Crippen LogP contribution in [0.1, 0.15) is 32.1 Å². The molecule has 1 aliphatic carbocycles. The van der Waals surface area contributed by atoms with Crippen molar-refractivity contribution in [1.29, 1.82) is 0 Å². The average Bonchev–Trinajstić information content (AvgIpc) is 3.03. The van der Waals surface area contributed by atoms with Gasteiger partial charge in [0, 0.05) is 18.6 Å². The van der Waals surface area contributed by atoms with Crippen molar-refractivity contribution in [2.24, 2.45) is 5.73 Å². The first-order chi connectivity index (χ1) is 7.29. The first-order valence-electron chi connectivity index (χ1n) is 6.03. The Balaban J connectivity index is 1.76. The number of rotatable bonds is 3. The molecule has 1 saturated carbocycles. The zero-order valence-corrected chi connectivity index (χ0v) is 9.24. The lowest BCUT2D eigenvalue weighted by Gasteiger charge is -2.19. The minimum Gasteiger partial charge on any atom is -0.352 e. The second-order valence-corrected chi connectivity index (χ2v) is 4.67. The molecular formula is C11H21N3O. The van der Waals surface area contributed by atoms with E-state index in [4.69, 9.17) is 5.73 Å². The summed E-state index contributed by atoms with van der Waals surface area (Å²) in [6, 6.07) is 1.21. The number of nitrogens with two attached hydrogens (primary N) is 1. The van der Waals surface area contributed by atoms with Crippen LogP contribution in [-0.4, -0.2) is 42.5 Å². The smallest absolute Gasteiger partial charge is 0.233 e. The SMILES string of the molecule is NCC(=O)NC1CCCN(C2CC2)CC1. The van der Waals surface area contributed by atoms with Crippen LogP contribution < -0.4 is 11.1 Å². The van der Waals surface area contributed by atoms with Crippen molar-refractivity contribution in [3.63, 3.8) is 0 Å². The van der Waals surface area contributed by atoms with Crippen LogP contribution in [0.2, 0.25) is 0 Å². The van der Waals surface area contributed by atoms with Crippen LogP contribution in [-0.2, 0) is 4.79 Å². The van der Waals surface area contributed by atoms with E-state index in [1.165, 1.54) is 25.8 Å². The zero-order chi connectivity index (χ0) is 10.7. The fourth-order valence-corrected chi connectivity index (χ4v) is 2.35. The van der Waals surface area contributed by atoms with E-state index >= 15 is 0 Å². The van der Waals surface area contributed by atoms with Crippen molar-refractivity contribution in [3.05, 3.63) is 0 Å². The van der Waals surface area contributed by atoms with Gasteiger partial charge in [-0.25, -0.2) is 0 Å². The molecule has 2 aliphatic rings. The van der Waals surface area contributed by atoms with Gasteiger partial charge < -0.3 is 16.0 Å². The third-order valence-corrected chi connectivity index (χ3v) is 3.38. The molecule has 1 aliphatic heterocycles.